The highest BCUT2D eigenvalue weighted by atomic mass is 15.3. The molecule has 3 heteroatoms. The largest absolute Gasteiger partial charge is 0.316 e. The van der Waals surface area contributed by atoms with Crippen LogP contribution in [0, 0.1) is 0 Å². The van der Waals surface area contributed by atoms with E-state index in [1.165, 1.54) is 77.0 Å². The van der Waals surface area contributed by atoms with Gasteiger partial charge in [0.1, 0.15) is 6.17 Å². The predicted molar refractivity (Wildman–Crippen MR) is 107 cm³/mol. The van der Waals surface area contributed by atoms with Gasteiger partial charge in [-0.05, 0) is 19.8 Å². The topological polar surface area (TPSA) is 41.6 Å². The first-order valence-electron chi connectivity index (χ1n) is 10.4. The van der Waals surface area contributed by atoms with Gasteiger partial charge in [0, 0.05) is 19.2 Å². The lowest BCUT2D eigenvalue weighted by Crippen LogP contribution is -2.43. The summed E-state index contributed by atoms with van der Waals surface area (Å²) in [5.74, 6) is 0. The molecule has 2 N–H and O–H groups in total. The van der Waals surface area contributed by atoms with Gasteiger partial charge >= 0.3 is 0 Å². The summed E-state index contributed by atoms with van der Waals surface area (Å²) in [5.41, 5.74) is 5.96. The lowest BCUT2D eigenvalue weighted by molar-refractivity contribution is 0.194. The molecule has 140 valence electrons. The van der Waals surface area contributed by atoms with Gasteiger partial charge in [-0.25, -0.2) is 0 Å². The molecule has 0 aromatic rings. The molecule has 2 atom stereocenters. The lowest BCUT2D eigenvalue weighted by atomic mass is 10.1. The minimum Gasteiger partial charge on any atom is -0.316 e. The number of nitrogens with zero attached hydrogens (tertiary/aromatic N) is 2. The molecule has 0 aromatic carbocycles. The molecule has 0 bridgehead atoms. The Kier molecular flexibility index (Phi) is 13.1. The van der Waals surface area contributed by atoms with Crippen LogP contribution in [0.1, 0.15) is 97.3 Å². The summed E-state index contributed by atoms with van der Waals surface area (Å²) in [6.07, 6.45) is 24.7. The Morgan fingerprint density at radius 1 is 1.00 bits per heavy atom. The Morgan fingerprint density at radius 2 is 1.58 bits per heavy atom. The Bertz CT molecular complexity index is 336. The van der Waals surface area contributed by atoms with Gasteiger partial charge in [-0.15, -0.1) is 0 Å². The second kappa shape index (κ2) is 14.7. The number of unbranched alkanes of at least 4 members (excludes halogenated alkanes) is 11. The van der Waals surface area contributed by atoms with Gasteiger partial charge in [-0.1, -0.05) is 83.3 Å². The van der Waals surface area contributed by atoms with Crippen LogP contribution in [-0.2, 0) is 0 Å². The van der Waals surface area contributed by atoms with Gasteiger partial charge < -0.3 is 5.73 Å². The first-order chi connectivity index (χ1) is 11.8. The van der Waals surface area contributed by atoms with Gasteiger partial charge in [-0.3, -0.25) is 9.89 Å². The zero-order valence-electron chi connectivity index (χ0n) is 16.3. The SMILES string of the molecule is CCCCCCCCCCCCC/C=C/CC1N=CCN1C(C)N. The highest BCUT2D eigenvalue weighted by Gasteiger charge is 2.22. The fourth-order valence-electron chi connectivity index (χ4n) is 3.37. The van der Waals surface area contributed by atoms with Crippen molar-refractivity contribution in [2.75, 3.05) is 6.54 Å². The van der Waals surface area contributed by atoms with Crippen LogP contribution in [0.15, 0.2) is 17.1 Å². The summed E-state index contributed by atoms with van der Waals surface area (Å²) < 4.78 is 0. The maximum Gasteiger partial charge on any atom is 0.107 e. The summed E-state index contributed by atoms with van der Waals surface area (Å²) in [5, 5.41) is 0. The average Bonchev–Trinajstić information content (AvgIpc) is 3.04. The third-order valence-corrected chi connectivity index (χ3v) is 4.96. The van der Waals surface area contributed by atoms with Crippen molar-refractivity contribution in [3.8, 4) is 0 Å². The molecule has 0 saturated carbocycles. The summed E-state index contributed by atoms with van der Waals surface area (Å²) in [7, 11) is 0. The molecular formula is C21H41N3. The van der Waals surface area contributed by atoms with Crippen LogP contribution in [0.25, 0.3) is 0 Å². The lowest BCUT2D eigenvalue weighted by Gasteiger charge is -2.25. The van der Waals surface area contributed by atoms with Crippen LogP contribution < -0.4 is 5.73 Å². The normalized spacial score (nSPS) is 19.5. The zero-order chi connectivity index (χ0) is 17.5. The van der Waals surface area contributed by atoms with Crippen molar-refractivity contribution in [2.45, 2.75) is 110 Å². The van der Waals surface area contributed by atoms with Crippen molar-refractivity contribution < 1.29 is 0 Å². The molecule has 1 heterocycles. The second-order valence-corrected chi connectivity index (χ2v) is 7.28. The maximum atomic E-state index is 5.96. The van der Waals surface area contributed by atoms with E-state index >= 15 is 0 Å². The van der Waals surface area contributed by atoms with E-state index in [1.54, 1.807) is 0 Å². The van der Waals surface area contributed by atoms with E-state index < -0.39 is 0 Å². The minimum atomic E-state index is 0.0949. The van der Waals surface area contributed by atoms with Gasteiger partial charge in [0.25, 0.3) is 0 Å². The van der Waals surface area contributed by atoms with Crippen LogP contribution >= 0.6 is 0 Å². The summed E-state index contributed by atoms with van der Waals surface area (Å²) >= 11 is 0. The molecular weight excluding hydrogens is 294 g/mol. The van der Waals surface area contributed by atoms with Crippen LogP contribution in [-0.4, -0.2) is 30.0 Å². The molecule has 0 aliphatic carbocycles. The standard InChI is InChI=1S/C21H41N3/c1-3-4-5-6-7-8-9-10-11-12-13-14-15-16-17-21-23-18-19-24(21)20(2)22/h15-16,18,20-21H,3-14,17,19,22H2,1-2H3/b16-15+. The molecule has 0 spiro atoms. The second-order valence-electron chi connectivity index (χ2n) is 7.28. The average molecular weight is 336 g/mol. The smallest absolute Gasteiger partial charge is 0.107 e. The molecule has 1 rings (SSSR count). The highest BCUT2D eigenvalue weighted by molar-refractivity contribution is 5.62. The summed E-state index contributed by atoms with van der Waals surface area (Å²) in [6, 6.07) is 0. The summed E-state index contributed by atoms with van der Waals surface area (Å²) in [4.78, 5) is 6.75. The third kappa shape index (κ3) is 10.2. The minimum absolute atomic E-state index is 0.0949. The molecule has 0 radical (unpaired) electrons. The molecule has 3 nitrogen and oxygen atoms in total. The van der Waals surface area contributed by atoms with E-state index in [0.29, 0.717) is 0 Å². The van der Waals surface area contributed by atoms with Gasteiger partial charge in [0.05, 0.1) is 6.17 Å². The molecule has 0 aromatic heterocycles. The number of aliphatic imine (C=N–C) groups is 1. The van der Waals surface area contributed by atoms with Crippen LogP contribution in [0.3, 0.4) is 0 Å². The van der Waals surface area contributed by atoms with Crippen LogP contribution in [0.5, 0.6) is 0 Å². The van der Waals surface area contributed by atoms with E-state index in [2.05, 4.69) is 29.0 Å². The quantitative estimate of drug-likeness (QED) is 0.310. The molecule has 0 fully saturated rings. The van der Waals surface area contributed by atoms with Gasteiger partial charge in [-0.2, -0.15) is 0 Å². The van der Waals surface area contributed by atoms with Crippen LogP contribution in [0.4, 0.5) is 0 Å². The number of allylic oxidation sites excluding steroid dienone is 1. The van der Waals surface area contributed by atoms with Crippen molar-refractivity contribution in [1.29, 1.82) is 0 Å². The fourth-order valence-corrected chi connectivity index (χ4v) is 3.37. The van der Waals surface area contributed by atoms with E-state index in [9.17, 15) is 0 Å². The molecule has 24 heavy (non-hydrogen) atoms. The van der Waals surface area contributed by atoms with Crippen molar-refractivity contribution in [3.63, 3.8) is 0 Å². The van der Waals surface area contributed by atoms with Gasteiger partial charge in [0.15, 0.2) is 0 Å². The van der Waals surface area contributed by atoms with Crippen LogP contribution in [0.2, 0.25) is 0 Å². The first-order valence-corrected chi connectivity index (χ1v) is 10.4. The fraction of sp³-hybridized carbons (Fsp3) is 0.857. The Morgan fingerprint density at radius 3 is 2.17 bits per heavy atom. The third-order valence-electron chi connectivity index (χ3n) is 4.96. The van der Waals surface area contributed by atoms with Crippen molar-refractivity contribution in [3.05, 3.63) is 12.2 Å². The van der Waals surface area contributed by atoms with Crippen molar-refractivity contribution in [2.24, 2.45) is 10.7 Å². The Labute approximate surface area is 150 Å². The zero-order valence-corrected chi connectivity index (χ0v) is 16.3. The predicted octanol–water partition coefficient (Wildman–Crippen LogP) is 5.65. The molecule has 1 aliphatic heterocycles. The van der Waals surface area contributed by atoms with E-state index in [4.69, 9.17) is 5.73 Å². The molecule has 1 aliphatic rings. The van der Waals surface area contributed by atoms with Gasteiger partial charge in [0.2, 0.25) is 0 Å². The van der Waals surface area contributed by atoms with E-state index in [1.807, 2.05) is 13.1 Å². The van der Waals surface area contributed by atoms with E-state index in [-0.39, 0.29) is 12.3 Å². The number of nitrogens with two attached hydrogens (primary N) is 1. The number of rotatable bonds is 15. The Balaban J connectivity index is 1.86. The molecule has 2 unspecified atom stereocenters. The van der Waals surface area contributed by atoms with Crippen molar-refractivity contribution in [1.82, 2.24) is 4.90 Å². The number of hydrogen-bond donors (Lipinski definition) is 1. The summed E-state index contributed by atoms with van der Waals surface area (Å²) in [6.45, 7) is 5.22. The Hall–Kier alpha value is -0.670. The van der Waals surface area contributed by atoms with E-state index in [0.717, 1.165) is 13.0 Å². The molecule has 0 amide bonds. The number of hydrogen-bond acceptors (Lipinski definition) is 3. The highest BCUT2D eigenvalue weighted by Crippen LogP contribution is 2.14. The first kappa shape index (κ1) is 21.4. The molecule has 0 saturated heterocycles. The monoisotopic (exact) mass is 335 g/mol. The maximum absolute atomic E-state index is 5.96. The van der Waals surface area contributed by atoms with Crippen molar-refractivity contribution >= 4 is 6.21 Å².